The summed E-state index contributed by atoms with van der Waals surface area (Å²) >= 11 is 0. The van der Waals surface area contributed by atoms with Crippen LogP contribution in [-0.4, -0.2) is 64.9 Å². The van der Waals surface area contributed by atoms with Crippen LogP contribution in [0.5, 0.6) is 5.75 Å². The standard InChI is InChI=1S/C26H36FN3O3/c1-26(2,3)33-25(31)30-16-14-29(15-17-30)21-8-6-20(7-9-21)19-32-24-11-10-22(18-23(24)27)28-12-4-5-13-28/h4-5,10-13,18,20-21H,6-9,14-17,19H2,1-3H3. The molecular formula is C26H36FN3O3. The van der Waals surface area contributed by atoms with Gasteiger partial charge >= 0.3 is 6.09 Å². The van der Waals surface area contributed by atoms with Crippen LogP contribution in [0, 0.1) is 11.7 Å². The summed E-state index contributed by atoms with van der Waals surface area (Å²) in [4.78, 5) is 16.6. The Morgan fingerprint density at radius 2 is 1.70 bits per heavy atom. The predicted molar refractivity (Wildman–Crippen MR) is 126 cm³/mol. The molecule has 1 saturated heterocycles. The number of benzene rings is 1. The van der Waals surface area contributed by atoms with Crippen molar-refractivity contribution in [3.05, 3.63) is 48.5 Å². The molecule has 1 amide bonds. The Labute approximate surface area is 196 Å². The molecule has 6 nitrogen and oxygen atoms in total. The second-order valence-corrected chi connectivity index (χ2v) is 10.2. The van der Waals surface area contributed by atoms with Crippen LogP contribution in [0.2, 0.25) is 0 Å². The molecule has 0 atom stereocenters. The summed E-state index contributed by atoms with van der Waals surface area (Å²) in [5, 5.41) is 0. The molecule has 180 valence electrons. The van der Waals surface area contributed by atoms with E-state index in [2.05, 4.69) is 4.90 Å². The molecule has 2 heterocycles. The van der Waals surface area contributed by atoms with Gasteiger partial charge in [-0.1, -0.05) is 0 Å². The smallest absolute Gasteiger partial charge is 0.410 e. The third-order valence-corrected chi connectivity index (χ3v) is 6.59. The molecule has 7 heteroatoms. The number of carbonyl (C=O) groups is 1. The summed E-state index contributed by atoms with van der Waals surface area (Å²) < 4.78 is 27.7. The fraction of sp³-hybridized carbons (Fsp3) is 0.577. The quantitative estimate of drug-likeness (QED) is 0.626. The Morgan fingerprint density at radius 3 is 2.30 bits per heavy atom. The number of amides is 1. The van der Waals surface area contributed by atoms with Crippen molar-refractivity contribution in [3.63, 3.8) is 0 Å². The van der Waals surface area contributed by atoms with Crippen LogP contribution < -0.4 is 4.74 Å². The normalized spacial score (nSPS) is 22.2. The van der Waals surface area contributed by atoms with Crippen molar-refractivity contribution in [3.8, 4) is 11.4 Å². The van der Waals surface area contributed by atoms with Gasteiger partial charge in [0.05, 0.1) is 6.61 Å². The van der Waals surface area contributed by atoms with Gasteiger partial charge in [-0.2, -0.15) is 0 Å². The van der Waals surface area contributed by atoms with Crippen LogP contribution in [0.4, 0.5) is 9.18 Å². The van der Waals surface area contributed by atoms with Gasteiger partial charge < -0.3 is 18.9 Å². The highest BCUT2D eigenvalue weighted by molar-refractivity contribution is 5.68. The summed E-state index contributed by atoms with van der Waals surface area (Å²) in [5.41, 5.74) is 0.333. The second-order valence-electron chi connectivity index (χ2n) is 10.2. The van der Waals surface area contributed by atoms with E-state index in [1.807, 2.05) is 60.8 Å². The Balaban J connectivity index is 1.19. The molecule has 0 bridgehead atoms. The number of piperazine rings is 1. The summed E-state index contributed by atoms with van der Waals surface area (Å²) in [7, 11) is 0. The third kappa shape index (κ3) is 6.28. The largest absolute Gasteiger partial charge is 0.490 e. The highest BCUT2D eigenvalue weighted by Crippen LogP contribution is 2.30. The first kappa shape index (κ1) is 23.6. The first-order chi connectivity index (χ1) is 15.8. The minimum absolute atomic E-state index is 0.211. The minimum Gasteiger partial charge on any atom is -0.490 e. The minimum atomic E-state index is -0.456. The molecule has 2 aromatic rings. The predicted octanol–water partition coefficient (Wildman–Crippen LogP) is 5.11. The summed E-state index contributed by atoms with van der Waals surface area (Å²) in [6.45, 7) is 9.48. The molecule has 0 spiro atoms. The Bertz CT molecular complexity index is 909. The maximum Gasteiger partial charge on any atom is 0.410 e. The molecule has 1 saturated carbocycles. The third-order valence-electron chi connectivity index (χ3n) is 6.59. The van der Waals surface area contributed by atoms with Crippen molar-refractivity contribution in [2.45, 2.75) is 58.1 Å². The number of hydrogen-bond acceptors (Lipinski definition) is 4. The number of aromatic nitrogens is 1. The zero-order chi connectivity index (χ0) is 23.4. The van der Waals surface area contributed by atoms with Crippen molar-refractivity contribution >= 4 is 6.09 Å². The van der Waals surface area contributed by atoms with Gasteiger partial charge in [-0.3, -0.25) is 4.90 Å². The molecule has 4 rings (SSSR count). The fourth-order valence-electron chi connectivity index (χ4n) is 4.75. The lowest BCUT2D eigenvalue weighted by molar-refractivity contribution is 0.00652. The maximum atomic E-state index is 14.5. The number of hydrogen-bond donors (Lipinski definition) is 0. The first-order valence-electron chi connectivity index (χ1n) is 12.1. The number of carbonyl (C=O) groups excluding carboxylic acids is 1. The number of rotatable bonds is 5. The topological polar surface area (TPSA) is 46.9 Å². The van der Waals surface area contributed by atoms with Crippen LogP contribution >= 0.6 is 0 Å². The monoisotopic (exact) mass is 457 g/mol. The van der Waals surface area contributed by atoms with Gasteiger partial charge in [0.2, 0.25) is 0 Å². The van der Waals surface area contributed by atoms with E-state index in [1.165, 1.54) is 6.07 Å². The molecule has 33 heavy (non-hydrogen) atoms. The zero-order valence-corrected chi connectivity index (χ0v) is 20.0. The van der Waals surface area contributed by atoms with Gasteiger partial charge in [0.25, 0.3) is 0 Å². The summed E-state index contributed by atoms with van der Waals surface area (Å²) in [6.07, 6.45) is 7.98. The highest BCUT2D eigenvalue weighted by atomic mass is 19.1. The highest BCUT2D eigenvalue weighted by Gasteiger charge is 2.31. The van der Waals surface area contributed by atoms with E-state index in [-0.39, 0.29) is 11.9 Å². The van der Waals surface area contributed by atoms with Crippen molar-refractivity contribution in [1.82, 2.24) is 14.4 Å². The van der Waals surface area contributed by atoms with Crippen molar-refractivity contribution in [2.75, 3.05) is 32.8 Å². The van der Waals surface area contributed by atoms with Crippen molar-refractivity contribution < 1.29 is 18.7 Å². The van der Waals surface area contributed by atoms with E-state index in [4.69, 9.17) is 9.47 Å². The number of ether oxygens (including phenoxy) is 2. The van der Waals surface area contributed by atoms with Crippen LogP contribution in [0.25, 0.3) is 5.69 Å². The van der Waals surface area contributed by atoms with E-state index >= 15 is 0 Å². The summed E-state index contributed by atoms with van der Waals surface area (Å²) in [6, 6.07) is 9.51. The average Bonchev–Trinajstić information content (AvgIpc) is 3.33. The summed E-state index contributed by atoms with van der Waals surface area (Å²) in [5.74, 6) is 0.455. The van der Waals surface area contributed by atoms with Gasteiger partial charge in [-0.25, -0.2) is 9.18 Å². The SMILES string of the molecule is CC(C)(C)OC(=O)N1CCN(C2CCC(COc3ccc(-n4cccc4)cc3F)CC2)CC1. The van der Waals surface area contributed by atoms with Gasteiger partial charge in [0.1, 0.15) is 5.60 Å². The van der Waals surface area contributed by atoms with E-state index in [1.54, 1.807) is 6.07 Å². The van der Waals surface area contributed by atoms with Crippen molar-refractivity contribution in [2.24, 2.45) is 5.92 Å². The Hall–Kier alpha value is -2.54. The molecule has 2 aliphatic rings. The second kappa shape index (κ2) is 10.2. The molecule has 1 aromatic carbocycles. The molecule has 1 aromatic heterocycles. The van der Waals surface area contributed by atoms with E-state index < -0.39 is 5.60 Å². The van der Waals surface area contributed by atoms with Crippen LogP contribution in [0.15, 0.2) is 42.7 Å². The lowest BCUT2D eigenvalue weighted by Crippen LogP contribution is -2.53. The molecular weight excluding hydrogens is 421 g/mol. The van der Waals surface area contributed by atoms with Crippen LogP contribution in [0.1, 0.15) is 46.5 Å². The lowest BCUT2D eigenvalue weighted by atomic mass is 9.85. The van der Waals surface area contributed by atoms with Crippen LogP contribution in [0.3, 0.4) is 0 Å². The van der Waals surface area contributed by atoms with Gasteiger partial charge in [0, 0.05) is 56.4 Å². The lowest BCUT2D eigenvalue weighted by Gasteiger charge is -2.42. The maximum absolute atomic E-state index is 14.5. The Morgan fingerprint density at radius 1 is 1.03 bits per heavy atom. The van der Waals surface area contributed by atoms with E-state index in [0.29, 0.717) is 24.3 Å². The fourth-order valence-corrected chi connectivity index (χ4v) is 4.75. The van der Waals surface area contributed by atoms with Gasteiger partial charge in [0.15, 0.2) is 11.6 Å². The molecule has 0 N–H and O–H groups in total. The van der Waals surface area contributed by atoms with Gasteiger partial charge in [-0.05, 0) is 76.6 Å². The Kier molecular flexibility index (Phi) is 7.27. The first-order valence-corrected chi connectivity index (χ1v) is 12.1. The van der Waals surface area contributed by atoms with Gasteiger partial charge in [-0.15, -0.1) is 0 Å². The van der Waals surface area contributed by atoms with E-state index in [0.717, 1.165) is 57.5 Å². The molecule has 1 aliphatic heterocycles. The molecule has 0 radical (unpaired) electrons. The molecule has 2 fully saturated rings. The molecule has 1 aliphatic carbocycles. The average molecular weight is 458 g/mol. The zero-order valence-electron chi connectivity index (χ0n) is 20.0. The number of nitrogens with zero attached hydrogens (tertiary/aromatic N) is 3. The number of halogens is 1. The van der Waals surface area contributed by atoms with Crippen LogP contribution in [-0.2, 0) is 4.74 Å². The van der Waals surface area contributed by atoms with Crippen molar-refractivity contribution in [1.29, 1.82) is 0 Å². The molecule has 0 unspecified atom stereocenters. The van der Waals surface area contributed by atoms with E-state index in [9.17, 15) is 9.18 Å².